The van der Waals surface area contributed by atoms with E-state index in [-0.39, 0.29) is 30.5 Å². The van der Waals surface area contributed by atoms with E-state index in [2.05, 4.69) is 10.4 Å². The third-order valence-corrected chi connectivity index (χ3v) is 4.85. The van der Waals surface area contributed by atoms with Gasteiger partial charge in [0.1, 0.15) is 18.1 Å². The van der Waals surface area contributed by atoms with Gasteiger partial charge in [0, 0.05) is 11.1 Å². The molecule has 11 heteroatoms. The number of aromatic nitrogens is 2. The van der Waals surface area contributed by atoms with Crippen molar-refractivity contribution in [1.29, 1.82) is 0 Å². The molecule has 0 bridgehead atoms. The zero-order chi connectivity index (χ0) is 24.1. The summed E-state index contributed by atoms with van der Waals surface area (Å²) in [7, 11) is 0. The van der Waals surface area contributed by atoms with Crippen molar-refractivity contribution in [1.82, 2.24) is 9.78 Å². The van der Waals surface area contributed by atoms with Crippen molar-refractivity contribution in [2.75, 3.05) is 5.32 Å². The van der Waals surface area contributed by atoms with E-state index >= 15 is 0 Å². The summed E-state index contributed by atoms with van der Waals surface area (Å²) in [6, 6.07) is 14.7. The first kappa shape index (κ1) is 22.9. The summed E-state index contributed by atoms with van der Waals surface area (Å²) in [6.07, 6.45) is 3.08. The number of carbonyl (C=O) groups is 1. The van der Waals surface area contributed by atoms with Crippen molar-refractivity contribution < 1.29 is 23.6 Å². The standard InChI is InChI=1S/C23H19ClN4O6/c1-15-5-7-21(20(9-15)28(30)31)32-13-19-6-8-22(34-19)23(29)26-17-11-25-27(12-17)14-33-18-4-2-3-16(24)10-18/h2-12H,13-14H2,1H3,(H,26,29). The number of nitrogens with one attached hydrogen (secondary N) is 1. The Hall–Kier alpha value is -4.31. The molecule has 2 heterocycles. The van der Waals surface area contributed by atoms with E-state index in [0.717, 1.165) is 5.56 Å². The van der Waals surface area contributed by atoms with Crippen LogP contribution in [-0.2, 0) is 13.3 Å². The molecule has 1 N–H and O–H groups in total. The van der Waals surface area contributed by atoms with Crippen LogP contribution in [0.5, 0.6) is 11.5 Å². The Kier molecular flexibility index (Phi) is 6.79. The molecule has 2 aromatic heterocycles. The summed E-state index contributed by atoms with van der Waals surface area (Å²) < 4.78 is 18.1. The van der Waals surface area contributed by atoms with E-state index in [4.69, 9.17) is 25.5 Å². The number of benzene rings is 2. The van der Waals surface area contributed by atoms with E-state index in [1.807, 2.05) is 0 Å². The summed E-state index contributed by atoms with van der Waals surface area (Å²) in [4.78, 5) is 23.2. The monoisotopic (exact) mass is 482 g/mol. The van der Waals surface area contributed by atoms with Gasteiger partial charge in [-0.2, -0.15) is 5.10 Å². The Bertz CT molecular complexity index is 1330. The Morgan fingerprint density at radius 1 is 1.21 bits per heavy atom. The van der Waals surface area contributed by atoms with Crippen LogP contribution in [0.4, 0.5) is 11.4 Å². The second-order valence-corrected chi connectivity index (χ2v) is 7.67. The Labute approximate surface area is 198 Å². The molecule has 0 saturated carbocycles. The predicted molar refractivity (Wildman–Crippen MR) is 123 cm³/mol. The SMILES string of the molecule is Cc1ccc(OCc2ccc(C(=O)Nc3cnn(COc4cccc(Cl)c4)c3)o2)c([N+](=O)[O-])c1. The highest BCUT2D eigenvalue weighted by Gasteiger charge is 2.17. The third-order valence-electron chi connectivity index (χ3n) is 4.62. The largest absolute Gasteiger partial charge is 0.479 e. The fraction of sp³-hybridized carbons (Fsp3) is 0.130. The van der Waals surface area contributed by atoms with E-state index in [0.29, 0.717) is 22.2 Å². The normalized spacial score (nSPS) is 10.6. The number of hydrogen-bond acceptors (Lipinski definition) is 7. The zero-order valence-corrected chi connectivity index (χ0v) is 18.7. The Balaban J connectivity index is 1.32. The first-order valence-electron chi connectivity index (χ1n) is 10.1. The number of carbonyl (C=O) groups excluding carboxylic acids is 1. The highest BCUT2D eigenvalue weighted by Crippen LogP contribution is 2.28. The lowest BCUT2D eigenvalue weighted by Crippen LogP contribution is -2.10. The van der Waals surface area contributed by atoms with Crippen molar-refractivity contribution in [2.24, 2.45) is 0 Å². The van der Waals surface area contributed by atoms with Gasteiger partial charge in [-0.1, -0.05) is 23.7 Å². The van der Waals surface area contributed by atoms with E-state index in [1.54, 1.807) is 49.5 Å². The van der Waals surface area contributed by atoms with Crippen LogP contribution in [0, 0.1) is 17.0 Å². The lowest BCUT2D eigenvalue weighted by Gasteiger charge is -2.06. The quantitative estimate of drug-likeness (QED) is 0.256. The molecule has 2 aromatic carbocycles. The van der Waals surface area contributed by atoms with Gasteiger partial charge in [-0.15, -0.1) is 0 Å². The summed E-state index contributed by atoms with van der Waals surface area (Å²) in [5.74, 6) is 0.619. The van der Waals surface area contributed by atoms with Crippen molar-refractivity contribution >= 4 is 28.9 Å². The Morgan fingerprint density at radius 2 is 2.06 bits per heavy atom. The first-order valence-corrected chi connectivity index (χ1v) is 10.4. The van der Waals surface area contributed by atoms with Crippen molar-refractivity contribution in [3.8, 4) is 11.5 Å². The number of amides is 1. The molecule has 0 saturated heterocycles. The van der Waals surface area contributed by atoms with Crippen LogP contribution in [-0.4, -0.2) is 20.6 Å². The van der Waals surface area contributed by atoms with Crippen LogP contribution < -0.4 is 14.8 Å². The molecule has 0 unspecified atom stereocenters. The molecule has 0 aliphatic heterocycles. The molecular formula is C23H19ClN4O6. The maximum Gasteiger partial charge on any atom is 0.311 e. The molecule has 0 fully saturated rings. The number of ether oxygens (including phenoxy) is 2. The molecule has 0 aliphatic rings. The Morgan fingerprint density at radius 3 is 2.85 bits per heavy atom. The number of nitro groups is 1. The van der Waals surface area contributed by atoms with Gasteiger partial charge in [0.25, 0.3) is 5.91 Å². The smallest absolute Gasteiger partial charge is 0.311 e. The number of aryl methyl sites for hydroxylation is 1. The number of rotatable bonds is 9. The predicted octanol–water partition coefficient (Wildman–Crippen LogP) is 5.21. The van der Waals surface area contributed by atoms with Crippen molar-refractivity contribution in [3.05, 3.63) is 99.2 Å². The zero-order valence-electron chi connectivity index (χ0n) is 17.9. The minimum Gasteiger partial charge on any atom is -0.479 e. The molecule has 34 heavy (non-hydrogen) atoms. The minimum absolute atomic E-state index is 0.0555. The number of anilines is 1. The van der Waals surface area contributed by atoms with Gasteiger partial charge >= 0.3 is 5.69 Å². The molecule has 0 radical (unpaired) electrons. The highest BCUT2D eigenvalue weighted by molar-refractivity contribution is 6.30. The number of nitro benzene ring substituents is 1. The number of nitrogens with zero attached hydrogens (tertiary/aromatic N) is 3. The van der Waals surface area contributed by atoms with Crippen LogP contribution in [0.1, 0.15) is 21.9 Å². The highest BCUT2D eigenvalue weighted by atomic mass is 35.5. The topological polar surface area (TPSA) is 122 Å². The molecular weight excluding hydrogens is 464 g/mol. The average molecular weight is 483 g/mol. The van der Waals surface area contributed by atoms with Crippen LogP contribution in [0.3, 0.4) is 0 Å². The molecule has 0 aliphatic carbocycles. The van der Waals surface area contributed by atoms with Gasteiger partial charge in [0.2, 0.25) is 0 Å². The molecule has 1 amide bonds. The molecule has 174 valence electrons. The fourth-order valence-electron chi connectivity index (χ4n) is 3.01. The third kappa shape index (κ3) is 5.73. The number of furan rings is 1. The second-order valence-electron chi connectivity index (χ2n) is 7.24. The number of hydrogen-bond donors (Lipinski definition) is 1. The number of halogens is 1. The fourth-order valence-corrected chi connectivity index (χ4v) is 3.19. The maximum atomic E-state index is 12.5. The molecule has 0 atom stereocenters. The van der Waals surface area contributed by atoms with Crippen molar-refractivity contribution in [2.45, 2.75) is 20.3 Å². The summed E-state index contributed by atoms with van der Waals surface area (Å²) in [5.41, 5.74) is 1.06. The van der Waals surface area contributed by atoms with Crippen LogP contribution in [0.25, 0.3) is 0 Å². The van der Waals surface area contributed by atoms with E-state index < -0.39 is 10.8 Å². The van der Waals surface area contributed by atoms with Gasteiger partial charge in [-0.05, 0) is 48.9 Å². The summed E-state index contributed by atoms with van der Waals surface area (Å²) in [6.45, 7) is 1.81. The van der Waals surface area contributed by atoms with Crippen LogP contribution in [0.15, 0.2) is 71.4 Å². The van der Waals surface area contributed by atoms with Gasteiger partial charge in [-0.3, -0.25) is 14.9 Å². The molecule has 10 nitrogen and oxygen atoms in total. The first-order chi connectivity index (χ1) is 16.4. The van der Waals surface area contributed by atoms with Crippen LogP contribution >= 0.6 is 11.6 Å². The lowest BCUT2D eigenvalue weighted by atomic mass is 10.2. The van der Waals surface area contributed by atoms with E-state index in [9.17, 15) is 14.9 Å². The van der Waals surface area contributed by atoms with Crippen molar-refractivity contribution in [3.63, 3.8) is 0 Å². The van der Waals surface area contributed by atoms with E-state index in [1.165, 1.54) is 29.1 Å². The summed E-state index contributed by atoms with van der Waals surface area (Å²) >= 11 is 5.93. The maximum absolute atomic E-state index is 12.5. The van der Waals surface area contributed by atoms with Gasteiger partial charge in [0.05, 0.1) is 23.0 Å². The minimum atomic E-state index is -0.510. The lowest BCUT2D eigenvalue weighted by molar-refractivity contribution is -0.386. The molecule has 4 aromatic rings. The van der Waals surface area contributed by atoms with Gasteiger partial charge in [0.15, 0.2) is 18.2 Å². The molecule has 4 rings (SSSR count). The summed E-state index contributed by atoms with van der Waals surface area (Å²) in [5, 5.41) is 18.6. The molecule has 0 spiro atoms. The average Bonchev–Trinajstić information content (AvgIpc) is 3.46. The van der Waals surface area contributed by atoms with Gasteiger partial charge in [-0.25, -0.2) is 4.68 Å². The van der Waals surface area contributed by atoms with Crippen LogP contribution in [0.2, 0.25) is 5.02 Å². The second kappa shape index (κ2) is 10.1. The van der Waals surface area contributed by atoms with Gasteiger partial charge < -0.3 is 19.2 Å².